The Balaban J connectivity index is 1.75. The molecule has 1 aliphatic rings. The standard InChI is InChI=1S/C21H17ClN4O/c1-25-12-23-18-20(25)24-19(15-10-13-4-2-3-5-14(13)11-15)26(21(18)27)17-8-6-16(22)7-9-17/h2-9,12,15H,10-11H2,1H3. The van der Waals surface area contributed by atoms with Crippen LogP contribution in [0.5, 0.6) is 0 Å². The van der Waals surface area contributed by atoms with Crippen molar-refractivity contribution in [1.29, 1.82) is 0 Å². The first-order valence-electron chi connectivity index (χ1n) is 8.88. The molecule has 1 aliphatic carbocycles. The summed E-state index contributed by atoms with van der Waals surface area (Å²) < 4.78 is 3.50. The lowest BCUT2D eigenvalue weighted by atomic mass is 10.0. The van der Waals surface area contributed by atoms with E-state index in [0.717, 1.165) is 24.4 Å². The number of hydrogen-bond acceptors (Lipinski definition) is 3. The van der Waals surface area contributed by atoms with Crippen LogP contribution in [0.25, 0.3) is 16.9 Å². The lowest BCUT2D eigenvalue weighted by Gasteiger charge is -2.17. The summed E-state index contributed by atoms with van der Waals surface area (Å²) in [6.45, 7) is 0. The molecule has 6 heteroatoms. The molecule has 0 aliphatic heterocycles. The van der Waals surface area contributed by atoms with Crippen molar-refractivity contribution in [3.05, 3.63) is 87.2 Å². The molecular formula is C21H17ClN4O. The maximum absolute atomic E-state index is 13.3. The number of hydrogen-bond donors (Lipinski definition) is 0. The molecule has 0 amide bonds. The van der Waals surface area contributed by atoms with E-state index in [1.54, 1.807) is 27.6 Å². The van der Waals surface area contributed by atoms with Crippen molar-refractivity contribution in [2.45, 2.75) is 18.8 Å². The van der Waals surface area contributed by atoms with Crippen LogP contribution in [0.4, 0.5) is 0 Å². The van der Waals surface area contributed by atoms with Crippen LogP contribution in [-0.2, 0) is 19.9 Å². The smallest absolute Gasteiger partial charge is 0.286 e. The number of benzene rings is 2. The lowest BCUT2D eigenvalue weighted by molar-refractivity contribution is 0.648. The van der Waals surface area contributed by atoms with Crippen molar-refractivity contribution in [2.24, 2.45) is 7.05 Å². The second kappa shape index (κ2) is 6.06. The number of nitrogens with zero attached hydrogens (tertiary/aromatic N) is 4. The van der Waals surface area contributed by atoms with Gasteiger partial charge in [-0.25, -0.2) is 9.97 Å². The molecule has 0 N–H and O–H groups in total. The zero-order chi connectivity index (χ0) is 18.5. The molecular weight excluding hydrogens is 360 g/mol. The van der Waals surface area contributed by atoms with Crippen molar-refractivity contribution < 1.29 is 0 Å². The summed E-state index contributed by atoms with van der Waals surface area (Å²) in [6.07, 6.45) is 3.39. The third-order valence-electron chi connectivity index (χ3n) is 5.26. The molecule has 2 aromatic carbocycles. The second-order valence-corrected chi connectivity index (χ2v) is 7.42. The van der Waals surface area contributed by atoms with E-state index in [0.29, 0.717) is 16.2 Å². The number of fused-ring (bicyclic) bond motifs is 2. The SMILES string of the molecule is Cn1cnc2c(=O)n(-c3ccc(Cl)cc3)c(C3Cc4ccccc4C3)nc21. The Morgan fingerprint density at radius 3 is 2.37 bits per heavy atom. The molecule has 2 aromatic heterocycles. The van der Waals surface area contributed by atoms with Gasteiger partial charge in [-0.3, -0.25) is 9.36 Å². The number of imidazole rings is 1. The molecule has 134 valence electrons. The summed E-state index contributed by atoms with van der Waals surface area (Å²) in [5.41, 5.74) is 4.26. The fourth-order valence-corrected chi connectivity index (χ4v) is 4.06. The Morgan fingerprint density at radius 2 is 1.70 bits per heavy atom. The Morgan fingerprint density at radius 1 is 1.04 bits per heavy atom. The minimum absolute atomic E-state index is 0.144. The molecule has 0 fully saturated rings. The molecule has 27 heavy (non-hydrogen) atoms. The van der Waals surface area contributed by atoms with Crippen LogP contribution < -0.4 is 5.56 Å². The van der Waals surface area contributed by atoms with Crippen LogP contribution in [0.15, 0.2) is 59.7 Å². The Kier molecular flexibility index (Phi) is 3.65. The first-order valence-corrected chi connectivity index (χ1v) is 9.26. The monoisotopic (exact) mass is 376 g/mol. The topological polar surface area (TPSA) is 52.7 Å². The molecule has 2 heterocycles. The molecule has 5 rings (SSSR count). The van der Waals surface area contributed by atoms with Crippen LogP contribution in [0.2, 0.25) is 5.02 Å². The highest BCUT2D eigenvalue weighted by Gasteiger charge is 2.28. The Hall–Kier alpha value is -2.92. The fourth-order valence-electron chi connectivity index (χ4n) is 3.93. The molecule has 0 atom stereocenters. The van der Waals surface area contributed by atoms with Crippen molar-refractivity contribution >= 4 is 22.8 Å². The van der Waals surface area contributed by atoms with Crippen LogP contribution in [-0.4, -0.2) is 19.1 Å². The highest BCUT2D eigenvalue weighted by atomic mass is 35.5. The van der Waals surface area contributed by atoms with Gasteiger partial charge in [0.1, 0.15) is 5.82 Å². The highest BCUT2D eigenvalue weighted by Crippen LogP contribution is 2.34. The van der Waals surface area contributed by atoms with Gasteiger partial charge in [-0.1, -0.05) is 35.9 Å². The van der Waals surface area contributed by atoms with Crippen LogP contribution in [0, 0.1) is 0 Å². The summed E-state index contributed by atoms with van der Waals surface area (Å²) in [4.78, 5) is 22.5. The zero-order valence-electron chi connectivity index (χ0n) is 14.8. The van der Waals surface area contributed by atoms with Gasteiger partial charge in [0.25, 0.3) is 5.56 Å². The van der Waals surface area contributed by atoms with E-state index < -0.39 is 0 Å². The third-order valence-corrected chi connectivity index (χ3v) is 5.51. The van der Waals surface area contributed by atoms with E-state index in [4.69, 9.17) is 16.6 Å². The van der Waals surface area contributed by atoms with Gasteiger partial charge in [0.15, 0.2) is 11.2 Å². The lowest BCUT2D eigenvalue weighted by Crippen LogP contribution is -2.26. The van der Waals surface area contributed by atoms with E-state index in [2.05, 4.69) is 29.2 Å². The summed E-state index contributed by atoms with van der Waals surface area (Å²) in [6, 6.07) is 15.7. The number of rotatable bonds is 2. The van der Waals surface area contributed by atoms with Crippen LogP contribution in [0.3, 0.4) is 0 Å². The Labute approximate surface area is 160 Å². The normalized spacial score (nSPS) is 14.0. The van der Waals surface area contributed by atoms with E-state index in [9.17, 15) is 4.79 Å². The minimum Gasteiger partial charge on any atom is -0.318 e. The first-order chi connectivity index (χ1) is 13.1. The average Bonchev–Trinajstić information content (AvgIpc) is 3.26. The van der Waals surface area contributed by atoms with E-state index >= 15 is 0 Å². The van der Waals surface area contributed by atoms with Crippen LogP contribution >= 0.6 is 11.6 Å². The summed E-state index contributed by atoms with van der Waals surface area (Å²) in [7, 11) is 1.86. The predicted octanol–water partition coefficient (Wildman–Crippen LogP) is 3.66. The third kappa shape index (κ3) is 2.58. The number of halogens is 1. The van der Waals surface area contributed by atoms with Gasteiger partial charge < -0.3 is 4.57 Å². The molecule has 0 bridgehead atoms. The largest absolute Gasteiger partial charge is 0.318 e. The summed E-state index contributed by atoms with van der Waals surface area (Å²) >= 11 is 6.05. The van der Waals surface area contributed by atoms with E-state index in [-0.39, 0.29) is 11.5 Å². The molecule has 4 aromatic rings. The maximum Gasteiger partial charge on any atom is 0.286 e. The second-order valence-electron chi connectivity index (χ2n) is 6.99. The van der Waals surface area contributed by atoms with Crippen LogP contribution in [0.1, 0.15) is 22.9 Å². The fraction of sp³-hybridized carbons (Fsp3) is 0.190. The summed E-state index contributed by atoms with van der Waals surface area (Å²) in [5.74, 6) is 0.916. The highest BCUT2D eigenvalue weighted by molar-refractivity contribution is 6.30. The van der Waals surface area contributed by atoms with Gasteiger partial charge >= 0.3 is 0 Å². The maximum atomic E-state index is 13.3. The minimum atomic E-state index is -0.145. The van der Waals surface area contributed by atoms with Crippen molar-refractivity contribution in [3.63, 3.8) is 0 Å². The quantitative estimate of drug-likeness (QED) is 0.536. The van der Waals surface area contributed by atoms with E-state index in [1.165, 1.54) is 11.1 Å². The van der Waals surface area contributed by atoms with E-state index in [1.807, 2.05) is 19.2 Å². The van der Waals surface area contributed by atoms with Crippen molar-refractivity contribution in [2.75, 3.05) is 0 Å². The zero-order valence-corrected chi connectivity index (χ0v) is 15.5. The van der Waals surface area contributed by atoms with Crippen molar-refractivity contribution in [1.82, 2.24) is 19.1 Å². The van der Waals surface area contributed by atoms with Gasteiger partial charge in [0.05, 0.1) is 12.0 Å². The molecule has 0 spiro atoms. The molecule has 5 nitrogen and oxygen atoms in total. The van der Waals surface area contributed by atoms with Crippen molar-refractivity contribution in [3.8, 4) is 5.69 Å². The summed E-state index contributed by atoms with van der Waals surface area (Å²) in [5, 5.41) is 0.633. The molecule has 0 saturated heterocycles. The average molecular weight is 377 g/mol. The van der Waals surface area contributed by atoms with Gasteiger partial charge in [-0.05, 0) is 48.2 Å². The molecule has 0 radical (unpaired) electrons. The van der Waals surface area contributed by atoms with Gasteiger partial charge in [-0.2, -0.15) is 0 Å². The predicted molar refractivity (Wildman–Crippen MR) is 106 cm³/mol. The van der Waals surface area contributed by atoms with Gasteiger partial charge in [0, 0.05) is 18.0 Å². The molecule has 0 unspecified atom stereocenters. The Bertz CT molecular complexity index is 1200. The number of aromatic nitrogens is 4. The van der Waals surface area contributed by atoms with Gasteiger partial charge in [-0.15, -0.1) is 0 Å². The van der Waals surface area contributed by atoms with Gasteiger partial charge in [0.2, 0.25) is 0 Å². The number of aryl methyl sites for hydroxylation is 1. The molecule has 0 saturated carbocycles. The first kappa shape index (κ1) is 16.3.